The molecule has 98 valence electrons. The number of nitrogens with zero attached hydrogens (tertiary/aromatic N) is 2. The molecule has 0 bridgehead atoms. The summed E-state index contributed by atoms with van der Waals surface area (Å²) in [4.78, 5) is 14.4. The van der Waals surface area contributed by atoms with Crippen LogP contribution in [0.3, 0.4) is 0 Å². The zero-order valence-corrected chi connectivity index (χ0v) is 11.2. The summed E-state index contributed by atoms with van der Waals surface area (Å²) in [6.45, 7) is 2.86. The van der Waals surface area contributed by atoms with Gasteiger partial charge in [0.05, 0.1) is 18.4 Å². The molecule has 0 radical (unpaired) electrons. The SMILES string of the molecule is Cc1ccc2c(c1)[C@@H](CC#N)C(=O)N2CC1CCC1. The van der Waals surface area contributed by atoms with Crippen LogP contribution >= 0.6 is 0 Å². The number of fused-ring (bicyclic) bond motifs is 1. The van der Waals surface area contributed by atoms with Gasteiger partial charge < -0.3 is 4.90 Å². The van der Waals surface area contributed by atoms with Crippen molar-refractivity contribution in [3.63, 3.8) is 0 Å². The van der Waals surface area contributed by atoms with E-state index in [1.807, 2.05) is 17.9 Å². The Balaban J connectivity index is 1.94. The van der Waals surface area contributed by atoms with E-state index in [0.29, 0.717) is 5.92 Å². The summed E-state index contributed by atoms with van der Waals surface area (Å²) < 4.78 is 0. The van der Waals surface area contributed by atoms with Gasteiger partial charge in [-0.25, -0.2) is 0 Å². The van der Waals surface area contributed by atoms with Crippen LogP contribution in [0, 0.1) is 24.2 Å². The van der Waals surface area contributed by atoms with Gasteiger partial charge in [-0.15, -0.1) is 0 Å². The molecule has 1 aliphatic heterocycles. The Labute approximate surface area is 113 Å². The zero-order valence-electron chi connectivity index (χ0n) is 11.2. The molecule has 0 unspecified atom stereocenters. The third-order valence-corrected chi connectivity index (χ3v) is 4.37. The summed E-state index contributed by atoms with van der Waals surface area (Å²) in [5.74, 6) is 0.521. The highest BCUT2D eigenvalue weighted by atomic mass is 16.2. The summed E-state index contributed by atoms with van der Waals surface area (Å²) in [5.41, 5.74) is 3.23. The summed E-state index contributed by atoms with van der Waals surface area (Å²) in [5, 5.41) is 8.94. The molecule has 1 aromatic carbocycles. The zero-order chi connectivity index (χ0) is 13.4. The molecule has 1 saturated carbocycles. The quantitative estimate of drug-likeness (QED) is 0.831. The fourth-order valence-electron chi connectivity index (χ4n) is 3.05. The van der Waals surface area contributed by atoms with Crippen molar-refractivity contribution in [1.29, 1.82) is 5.26 Å². The fourth-order valence-corrected chi connectivity index (χ4v) is 3.05. The first kappa shape index (κ1) is 12.2. The van der Waals surface area contributed by atoms with Gasteiger partial charge in [0, 0.05) is 12.2 Å². The molecule has 0 aromatic heterocycles. The molecule has 1 aromatic rings. The number of aryl methyl sites for hydroxylation is 1. The molecule has 1 heterocycles. The number of carbonyl (C=O) groups is 1. The molecular weight excluding hydrogens is 236 g/mol. The van der Waals surface area contributed by atoms with Crippen LogP contribution < -0.4 is 4.90 Å². The lowest BCUT2D eigenvalue weighted by atomic mass is 9.85. The minimum absolute atomic E-state index is 0.119. The molecule has 2 aliphatic rings. The number of anilines is 1. The molecular formula is C16H18N2O. The van der Waals surface area contributed by atoms with Gasteiger partial charge in [0.15, 0.2) is 0 Å². The van der Waals surface area contributed by atoms with Crippen molar-refractivity contribution in [1.82, 2.24) is 0 Å². The van der Waals surface area contributed by atoms with Crippen molar-refractivity contribution in [2.24, 2.45) is 5.92 Å². The van der Waals surface area contributed by atoms with Crippen LogP contribution in [-0.2, 0) is 4.79 Å². The van der Waals surface area contributed by atoms with E-state index < -0.39 is 0 Å². The van der Waals surface area contributed by atoms with Crippen LogP contribution in [0.4, 0.5) is 5.69 Å². The van der Waals surface area contributed by atoms with Crippen LogP contribution in [0.25, 0.3) is 0 Å². The minimum atomic E-state index is -0.250. The van der Waals surface area contributed by atoms with E-state index in [-0.39, 0.29) is 18.2 Å². The van der Waals surface area contributed by atoms with Crippen molar-refractivity contribution < 1.29 is 4.79 Å². The molecule has 3 nitrogen and oxygen atoms in total. The third-order valence-electron chi connectivity index (χ3n) is 4.37. The van der Waals surface area contributed by atoms with Gasteiger partial charge in [0.1, 0.15) is 0 Å². The molecule has 1 atom stereocenters. The van der Waals surface area contributed by atoms with E-state index in [9.17, 15) is 4.79 Å². The van der Waals surface area contributed by atoms with Gasteiger partial charge >= 0.3 is 0 Å². The number of nitriles is 1. The first-order chi connectivity index (χ1) is 9.20. The minimum Gasteiger partial charge on any atom is -0.311 e. The predicted octanol–water partition coefficient (Wildman–Crippen LogP) is 3.14. The second-order valence-electron chi connectivity index (χ2n) is 5.72. The lowest BCUT2D eigenvalue weighted by molar-refractivity contribution is -0.119. The topological polar surface area (TPSA) is 44.1 Å². The maximum Gasteiger partial charge on any atom is 0.235 e. The van der Waals surface area contributed by atoms with Crippen molar-refractivity contribution in [2.45, 2.75) is 38.5 Å². The number of amides is 1. The van der Waals surface area contributed by atoms with Crippen LogP contribution in [0.15, 0.2) is 18.2 Å². The number of rotatable bonds is 3. The first-order valence-corrected chi connectivity index (χ1v) is 6.99. The second kappa shape index (κ2) is 4.70. The van der Waals surface area contributed by atoms with Gasteiger partial charge in [0.2, 0.25) is 5.91 Å². The standard InChI is InChI=1S/C16H18N2O/c1-11-5-6-15-14(9-11)13(7-8-17)16(19)18(15)10-12-3-2-4-12/h5-6,9,12-13H,2-4,7,10H2,1H3/t13-/m1/s1. The molecule has 0 spiro atoms. The lowest BCUT2D eigenvalue weighted by Gasteiger charge is -2.30. The maximum absolute atomic E-state index is 12.5. The van der Waals surface area contributed by atoms with E-state index in [4.69, 9.17) is 5.26 Å². The van der Waals surface area contributed by atoms with E-state index >= 15 is 0 Å². The van der Waals surface area contributed by atoms with Crippen LogP contribution in [0.5, 0.6) is 0 Å². The van der Waals surface area contributed by atoms with E-state index in [1.165, 1.54) is 19.3 Å². The molecule has 0 saturated heterocycles. The normalized spacial score (nSPS) is 22.0. The Morgan fingerprint density at radius 2 is 2.21 bits per heavy atom. The molecule has 3 rings (SSSR count). The average molecular weight is 254 g/mol. The Kier molecular flexibility index (Phi) is 3.02. The highest BCUT2D eigenvalue weighted by Gasteiger charge is 2.38. The van der Waals surface area contributed by atoms with E-state index in [1.54, 1.807) is 0 Å². The van der Waals surface area contributed by atoms with Crippen LogP contribution in [-0.4, -0.2) is 12.5 Å². The fraction of sp³-hybridized carbons (Fsp3) is 0.500. The van der Waals surface area contributed by atoms with Crippen molar-refractivity contribution in [3.05, 3.63) is 29.3 Å². The summed E-state index contributed by atoms with van der Waals surface area (Å²) in [6, 6.07) is 8.31. The van der Waals surface area contributed by atoms with Gasteiger partial charge in [-0.2, -0.15) is 5.26 Å². The molecule has 1 amide bonds. The molecule has 3 heteroatoms. The van der Waals surface area contributed by atoms with Gasteiger partial charge in [-0.3, -0.25) is 4.79 Å². The van der Waals surface area contributed by atoms with Gasteiger partial charge in [0.25, 0.3) is 0 Å². The van der Waals surface area contributed by atoms with Crippen molar-refractivity contribution >= 4 is 11.6 Å². The Morgan fingerprint density at radius 3 is 2.84 bits per heavy atom. The average Bonchev–Trinajstić information content (AvgIpc) is 2.58. The molecule has 1 fully saturated rings. The second-order valence-corrected chi connectivity index (χ2v) is 5.72. The number of carbonyl (C=O) groups excluding carboxylic acids is 1. The number of benzene rings is 1. The van der Waals surface area contributed by atoms with Crippen LogP contribution in [0.1, 0.15) is 42.7 Å². The lowest BCUT2D eigenvalue weighted by Crippen LogP contribution is -2.35. The monoisotopic (exact) mass is 254 g/mol. The van der Waals surface area contributed by atoms with Gasteiger partial charge in [-0.1, -0.05) is 24.1 Å². The summed E-state index contributed by atoms with van der Waals surface area (Å²) >= 11 is 0. The molecule has 0 N–H and O–H groups in total. The largest absolute Gasteiger partial charge is 0.311 e. The van der Waals surface area contributed by atoms with Crippen molar-refractivity contribution in [3.8, 4) is 6.07 Å². The molecule has 1 aliphatic carbocycles. The third kappa shape index (κ3) is 2.02. The highest BCUT2D eigenvalue weighted by molar-refractivity contribution is 6.05. The highest BCUT2D eigenvalue weighted by Crippen LogP contribution is 2.41. The predicted molar refractivity (Wildman–Crippen MR) is 73.8 cm³/mol. The Bertz CT molecular complexity index is 554. The number of hydrogen-bond acceptors (Lipinski definition) is 2. The summed E-state index contributed by atoms with van der Waals surface area (Å²) in [7, 11) is 0. The first-order valence-electron chi connectivity index (χ1n) is 6.99. The Hall–Kier alpha value is -1.82. The maximum atomic E-state index is 12.5. The smallest absolute Gasteiger partial charge is 0.235 e. The summed E-state index contributed by atoms with van der Waals surface area (Å²) in [6.07, 6.45) is 4.04. The van der Waals surface area contributed by atoms with Crippen molar-refractivity contribution in [2.75, 3.05) is 11.4 Å². The van der Waals surface area contributed by atoms with E-state index in [2.05, 4.69) is 18.2 Å². The van der Waals surface area contributed by atoms with E-state index in [0.717, 1.165) is 23.4 Å². The van der Waals surface area contributed by atoms with Gasteiger partial charge in [-0.05, 0) is 37.3 Å². The number of hydrogen-bond donors (Lipinski definition) is 0. The Morgan fingerprint density at radius 1 is 1.42 bits per heavy atom. The molecule has 19 heavy (non-hydrogen) atoms. The van der Waals surface area contributed by atoms with Crippen LogP contribution in [0.2, 0.25) is 0 Å².